The van der Waals surface area contributed by atoms with Gasteiger partial charge in [0.15, 0.2) is 5.78 Å². The molecule has 0 aromatic heterocycles. The van der Waals surface area contributed by atoms with Gasteiger partial charge in [-0.1, -0.05) is 58.9 Å². The molecule has 0 fully saturated rings. The highest BCUT2D eigenvalue weighted by Gasteiger charge is 2.17. The monoisotopic (exact) mass is 289 g/mol. The molecule has 2 heteroatoms. The average Bonchev–Trinajstić information content (AvgIpc) is 2.42. The summed E-state index contributed by atoms with van der Waals surface area (Å²) >= 11 is 0. The van der Waals surface area contributed by atoms with Crippen molar-refractivity contribution in [3.05, 3.63) is 35.4 Å². The first-order valence-electron chi connectivity index (χ1n) is 8.09. The Morgan fingerprint density at radius 1 is 1.10 bits per heavy atom. The lowest BCUT2D eigenvalue weighted by molar-refractivity contribution is 0.0969. The SMILES string of the molecule is CC(C)C(CCN)CCC(=O)c1ccc(C(C)(C)C)cc1. The van der Waals surface area contributed by atoms with E-state index in [1.54, 1.807) is 0 Å². The maximum atomic E-state index is 12.3. The van der Waals surface area contributed by atoms with Crippen LogP contribution in [-0.2, 0) is 5.41 Å². The van der Waals surface area contributed by atoms with Gasteiger partial charge in [-0.3, -0.25) is 4.79 Å². The Labute approximate surface area is 130 Å². The van der Waals surface area contributed by atoms with E-state index in [1.165, 1.54) is 5.56 Å². The Hall–Kier alpha value is -1.15. The Kier molecular flexibility index (Phi) is 6.60. The molecule has 0 aliphatic carbocycles. The topological polar surface area (TPSA) is 43.1 Å². The minimum Gasteiger partial charge on any atom is -0.330 e. The van der Waals surface area contributed by atoms with E-state index in [0.29, 0.717) is 24.8 Å². The van der Waals surface area contributed by atoms with Crippen molar-refractivity contribution in [3.8, 4) is 0 Å². The number of hydrogen-bond donors (Lipinski definition) is 1. The number of rotatable bonds is 7. The van der Waals surface area contributed by atoms with Gasteiger partial charge in [0.25, 0.3) is 0 Å². The number of nitrogens with two attached hydrogens (primary N) is 1. The zero-order valence-electron chi connectivity index (χ0n) is 14.3. The zero-order chi connectivity index (χ0) is 16.0. The van der Waals surface area contributed by atoms with Crippen molar-refractivity contribution in [2.24, 2.45) is 17.6 Å². The molecule has 0 bridgehead atoms. The summed E-state index contributed by atoms with van der Waals surface area (Å²) in [4.78, 5) is 12.3. The third-order valence-electron chi connectivity index (χ3n) is 4.30. The molecule has 2 nitrogen and oxygen atoms in total. The lowest BCUT2D eigenvalue weighted by atomic mass is 9.85. The van der Waals surface area contributed by atoms with E-state index in [0.717, 1.165) is 18.4 Å². The summed E-state index contributed by atoms with van der Waals surface area (Å²) < 4.78 is 0. The second kappa shape index (κ2) is 7.74. The van der Waals surface area contributed by atoms with Crippen molar-refractivity contribution in [1.29, 1.82) is 0 Å². The Morgan fingerprint density at radius 3 is 2.10 bits per heavy atom. The van der Waals surface area contributed by atoms with Crippen LogP contribution < -0.4 is 5.73 Å². The summed E-state index contributed by atoms with van der Waals surface area (Å²) in [7, 11) is 0. The lowest BCUT2D eigenvalue weighted by Crippen LogP contribution is -2.16. The Morgan fingerprint density at radius 2 is 1.67 bits per heavy atom. The van der Waals surface area contributed by atoms with Crippen LogP contribution in [0.2, 0.25) is 0 Å². The van der Waals surface area contributed by atoms with Gasteiger partial charge in [-0.25, -0.2) is 0 Å². The van der Waals surface area contributed by atoms with E-state index < -0.39 is 0 Å². The van der Waals surface area contributed by atoms with Crippen molar-refractivity contribution in [3.63, 3.8) is 0 Å². The Balaban J connectivity index is 2.63. The second-order valence-corrected chi connectivity index (χ2v) is 7.37. The van der Waals surface area contributed by atoms with Crippen LogP contribution in [0.15, 0.2) is 24.3 Å². The molecular formula is C19H31NO. The first kappa shape index (κ1) is 17.9. The molecular weight excluding hydrogens is 258 g/mol. The minimum atomic E-state index is 0.130. The summed E-state index contributed by atoms with van der Waals surface area (Å²) in [6.45, 7) is 11.7. The fourth-order valence-electron chi connectivity index (χ4n) is 2.64. The molecule has 0 aliphatic rings. The lowest BCUT2D eigenvalue weighted by Gasteiger charge is -2.20. The van der Waals surface area contributed by atoms with Crippen LogP contribution in [0.3, 0.4) is 0 Å². The number of ketones is 1. The van der Waals surface area contributed by atoms with Crippen LogP contribution >= 0.6 is 0 Å². The summed E-state index contributed by atoms with van der Waals surface area (Å²) in [6, 6.07) is 8.09. The van der Waals surface area contributed by atoms with Crippen molar-refractivity contribution in [1.82, 2.24) is 0 Å². The first-order chi connectivity index (χ1) is 9.75. The van der Waals surface area contributed by atoms with Gasteiger partial charge in [0.05, 0.1) is 0 Å². The molecule has 21 heavy (non-hydrogen) atoms. The van der Waals surface area contributed by atoms with Crippen LogP contribution in [0.5, 0.6) is 0 Å². The largest absolute Gasteiger partial charge is 0.330 e. The summed E-state index contributed by atoms with van der Waals surface area (Å²) in [5.74, 6) is 1.38. The van der Waals surface area contributed by atoms with Crippen molar-refractivity contribution in [2.75, 3.05) is 6.54 Å². The van der Waals surface area contributed by atoms with Gasteiger partial charge in [0, 0.05) is 12.0 Å². The molecule has 118 valence electrons. The third kappa shape index (κ3) is 5.62. The summed E-state index contributed by atoms with van der Waals surface area (Å²) in [6.07, 6.45) is 2.57. The quantitative estimate of drug-likeness (QED) is 0.747. The molecule has 1 aromatic rings. The number of Topliss-reactive ketones (excluding diaryl/α,β-unsaturated/α-hetero) is 1. The molecule has 0 radical (unpaired) electrons. The molecule has 0 spiro atoms. The number of hydrogen-bond acceptors (Lipinski definition) is 2. The minimum absolute atomic E-state index is 0.130. The molecule has 1 aromatic carbocycles. The fraction of sp³-hybridized carbons (Fsp3) is 0.632. The highest BCUT2D eigenvalue weighted by molar-refractivity contribution is 5.96. The number of carbonyl (C=O) groups excluding carboxylic acids is 1. The molecule has 2 N–H and O–H groups in total. The van der Waals surface area contributed by atoms with Crippen LogP contribution in [0.1, 0.15) is 69.8 Å². The highest BCUT2D eigenvalue weighted by atomic mass is 16.1. The molecule has 1 rings (SSSR count). The van der Waals surface area contributed by atoms with Crippen molar-refractivity contribution >= 4 is 5.78 Å². The van der Waals surface area contributed by atoms with Gasteiger partial charge in [0.2, 0.25) is 0 Å². The molecule has 0 heterocycles. The maximum absolute atomic E-state index is 12.3. The van der Waals surface area contributed by atoms with Gasteiger partial charge in [0.1, 0.15) is 0 Å². The smallest absolute Gasteiger partial charge is 0.162 e. The predicted octanol–water partition coefficient (Wildman–Crippen LogP) is 4.57. The molecule has 0 amide bonds. The molecule has 0 saturated carbocycles. The van der Waals surface area contributed by atoms with E-state index in [1.807, 2.05) is 12.1 Å². The van der Waals surface area contributed by atoms with E-state index in [-0.39, 0.29) is 11.2 Å². The van der Waals surface area contributed by atoms with Crippen LogP contribution in [-0.4, -0.2) is 12.3 Å². The van der Waals surface area contributed by atoms with Gasteiger partial charge in [-0.2, -0.15) is 0 Å². The summed E-state index contributed by atoms with van der Waals surface area (Å²) in [5.41, 5.74) is 7.89. The standard InChI is InChI=1S/C19H31NO/c1-14(2)15(12-13-20)8-11-18(21)16-6-9-17(10-7-16)19(3,4)5/h6-7,9-10,14-15H,8,11-13,20H2,1-5H3. The highest BCUT2D eigenvalue weighted by Crippen LogP contribution is 2.24. The molecule has 0 saturated heterocycles. The Bertz CT molecular complexity index is 440. The van der Waals surface area contributed by atoms with E-state index in [2.05, 4.69) is 46.8 Å². The normalized spacial score (nSPS) is 13.5. The number of carbonyl (C=O) groups is 1. The van der Waals surface area contributed by atoms with Crippen LogP contribution in [0, 0.1) is 11.8 Å². The first-order valence-corrected chi connectivity index (χ1v) is 8.09. The molecule has 1 unspecified atom stereocenters. The summed E-state index contributed by atoms with van der Waals surface area (Å²) in [5, 5.41) is 0. The second-order valence-electron chi connectivity index (χ2n) is 7.37. The predicted molar refractivity (Wildman–Crippen MR) is 90.7 cm³/mol. The van der Waals surface area contributed by atoms with Gasteiger partial charge in [-0.15, -0.1) is 0 Å². The van der Waals surface area contributed by atoms with Crippen molar-refractivity contribution in [2.45, 2.75) is 59.3 Å². The fourth-order valence-corrected chi connectivity index (χ4v) is 2.64. The third-order valence-corrected chi connectivity index (χ3v) is 4.30. The zero-order valence-corrected chi connectivity index (χ0v) is 14.3. The van der Waals surface area contributed by atoms with Gasteiger partial charge in [-0.05, 0) is 42.2 Å². The van der Waals surface area contributed by atoms with Crippen LogP contribution in [0.25, 0.3) is 0 Å². The van der Waals surface area contributed by atoms with E-state index in [9.17, 15) is 4.79 Å². The average molecular weight is 289 g/mol. The van der Waals surface area contributed by atoms with Gasteiger partial charge >= 0.3 is 0 Å². The van der Waals surface area contributed by atoms with E-state index in [4.69, 9.17) is 5.73 Å². The van der Waals surface area contributed by atoms with E-state index >= 15 is 0 Å². The van der Waals surface area contributed by atoms with Gasteiger partial charge < -0.3 is 5.73 Å². The number of benzene rings is 1. The van der Waals surface area contributed by atoms with Crippen LogP contribution in [0.4, 0.5) is 0 Å². The molecule has 0 aliphatic heterocycles. The maximum Gasteiger partial charge on any atom is 0.162 e. The van der Waals surface area contributed by atoms with Crippen molar-refractivity contribution < 1.29 is 4.79 Å². The molecule has 1 atom stereocenters.